The van der Waals surface area contributed by atoms with Crippen LogP contribution in [0.1, 0.15) is 6.92 Å². The monoisotopic (exact) mass is 387 g/mol. The van der Waals surface area contributed by atoms with Crippen LogP contribution in [0.2, 0.25) is 5.02 Å². The van der Waals surface area contributed by atoms with E-state index in [2.05, 4.69) is 10.1 Å². The number of carbonyl (C=O) groups is 1. The minimum Gasteiger partial charge on any atom is -0.594 e. The molecule has 2 aromatic carbocycles. The van der Waals surface area contributed by atoms with E-state index in [1.807, 2.05) is 0 Å². The van der Waals surface area contributed by atoms with Crippen molar-refractivity contribution in [2.24, 2.45) is 0 Å². The third-order valence-corrected chi connectivity index (χ3v) is 3.64. The van der Waals surface area contributed by atoms with Crippen LogP contribution in [-0.2, 0) is 4.79 Å². The summed E-state index contributed by atoms with van der Waals surface area (Å²) in [5, 5.41) is 24.7. The third-order valence-electron chi connectivity index (χ3n) is 3.40. The molecule has 1 N–H and O–H groups in total. The highest BCUT2D eigenvalue weighted by Gasteiger charge is 2.13. The average molecular weight is 388 g/mol. The summed E-state index contributed by atoms with van der Waals surface area (Å²) in [6.45, 7) is 1.71. The molecule has 0 amide bonds. The molecule has 0 aliphatic carbocycles. The summed E-state index contributed by atoms with van der Waals surface area (Å²) in [6.07, 6.45) is 2.03. The Labute approximate surface area is 158 Å². The zero-order valence-corrected chi connectivity index (χ0v) is 14.8. The summed E-state index contributed by atoms with van der Waals surface area (Å²) in [7, 11) is 0. The minimum atomic E-state index is -1.04. The van der Waals surface area contributed by atoms with E-state index in [9.17, 15) is 10.0 Å². The van der Waals surface area contributed by atoms with Crippen molar-refractivity contribution in [3.8, 4) is 17.5 Å². The van der Waals surface area contributed by atoms with Crippen molar-refractivity contribution in [2.45, 2.75) is 13.0 Å². The van der Waals surface area contributed by atoms with Crippen LogP contribution in [-0.4, -0.2) is 27.3 Å². The van der Waals surface area contributed by atoms with E-state index < -0.39 is 12.1 Å². The molecule has 3 aromatic rings. The van der Waals surface area contributed by atoms with E-state index in [1.54, 1.807) is 43.3 Å². The maximum Gasteiger partial charge on any atom is 0.386 e. The fourth-order valence-electron chi connectivity index (χ4n) is 2.21. The van der Waals surface area contributed by atoms with Gasteiger partial charge in [-0.3, -0.25) is 0 Å². The molecule has 27 heavy (non-hydrogen) atoms. The molecular weight excluding hydrogens is 374 g/mol. The second kappa shape index (κ2) is 7.88. The Morgan fingerprint density at radius 3 is 2.67 bits per heavy atom. The molecule has 0 saturated carbocycles. The number of fused-ring (bicyclic) bond motifs is 1. The molecule has 3 rings (SSSR count). The highest BCUT2D eigenvalue weighted by atomic mass is 35.5. The normalized spacial score (nSPS) is 12.2. The van der Waals surface area contributed by atoms with Crippen LogP contribution < -0.4 is 14.3 Å². The predicted molar refractivity (Wildman–Crippen MR) is 96.9 cm³/mol. The molecule has 0 aliphatic heterocycles. The molecule has 1 unspecified atom stereocenters. The summed E-state index contributed by atoms with van der Waals surface area (Å²) >= 11 is 5.86. The zero-order valence-electron chi connectivity index (χ0n) is 14.1. The molecule has 0 radical (unpaired) electrons. The molecule has 1 aromatic heterocycles. The predicted octanol–water partition coefficient (Wildman–Crippen LogP) is 3.12. The Morgan fingerprint density at radius 1 is 1.26 bits per heavy atom. The summed E-state index contributed by atoms with van der Waals surface area (Å²) < 4.78 is 11.1. The summed E-state index contributed by atoms with van der Waals surface area (Å²) in [6, 6.07) is 11.1. The van der Waals surface area contributed by atoms with E-state index in [4.69, 9.17) is 26.2 Å². The van der Waals surface area contributed by atoms with Crippen molar-refractivity contribution in [3.05, 3.63) is 64.8 Å². The van der Waals surface area contributed by atoms with Crippen molar-refractivity contribution in [2.75, 3.05) is 0 Å². The van der Waals surface area contributed by atoms with E-state index in [0.717, 1.165) is 6.08 Å². The molecule has 1 heterocycles. The molecule has 0 spiro atoms. The number of halogens is 1. The van der Waals surface area contributed by atoms with Crippen LogP contribution >= 0.6 is 11.6 Å². The lowest BCUT2D eigenvalue weighted by atomic mass is 10.3. The zero-order chi connectivity index (χ0) is 19.4. The number of hydrogen-bond donors (Lipinski definition) is 1. The Kier molecular flexibility index (Phi) is 5.37. The smallest absolute Gasteiger partial charge is 0.386 e. The van der Waals surface area contributed by atoms with Crippen LogP contribution in [0.3, 0.4) is 0 Å². The lowest BCUT2D eigenvalue weighted by molar-refractivity contribution is -0.643. The van der Waals surface area contributed by atoms with E-state index >= 15 is 0 Å². The largest absolute Gasteiger partial charge is 0.594 e. The van der Waals surface area contributed by atoms with E-state index in [1.165, 1.54) is 12.1 Å². The van der Waals surface area contributed by atoms with Gasteiger partial charge in [-0.1, -0.05) is 11.6 Å². The molecule has 138 valence electrons. The van der Waals surface area contributed by atoms with Gasteiger partial charge in [-0.2, -0.15) is 4.98 Å². The SMILES string of the molecule is CC(/C=C/C(=O)O)Oc1ccc(Oc2nc3ccc(Cl)cc3[n+]([O-])n2)cc1. The number of ether oxygens (including phenoxy) is 2. The lowest BCUT2D eigenvalue weighted by Gasteiger charge is -2.11. The Hall–Kier alpha value is -3.39. The summed E-state index contributed by atoms with van der Waals surface area (Å²) in [5.74, 6) is -0.107. The number of carboxylic acids is 1. The van der Waals surface area contributed by atoms with Gasteiger partial charge in [0, 0.05) is 17.2 Å². The van der Waals surface area contributed by atoms with Crippen molar-refractivity contribution < 1.29 is 24.2 Å². The van der Waals surface area contributed by atoms with Gasteiger partial charge in [0.15, 0.2) is 0 Å². The highest BCUT2D eigenvalue weighted by molar-refractivity contribution is 6.31. The van der Waals surface area contributed by atoms with Gasteiger partial charge >= 0.3 is 12.0 Å². The number of carboxylic acid groups (broad SMARTS) is 1. The maximum absolute atomic E-state index is 12.0. The first-order valence-electron chi connectivity index (χ1n) is 7.83. The molecule has 0 saturated heterocycles. The lowest BCUT2D eigenvalue weighted by Crippen LogP contribution is -2.32. The Morgan fingerprint density at radius 2 is 1.96 bits per heavy atom. The van der Waals surface area contributed by atoms with Gasteiger partial charge < -0.3 is 19.8 Å². The number of aliphatic carboxylic acids is 1. The van der Waals surface area contributed by atoms with E-state index in [0.29, 0.717) is 26.9 Å². The van der Waals surface area contributed by atoms with Gasteiger partial charge in [0.05, 0.1) is 5.10 Å². The number of hydrogen-bond acceptors (Lipinski definition) is 6. The first kappa shape index (κ1) is 18.4. The fourth-order valence-corrected chi connectivity index (χ4v) is 2.37. The quantitative estimate of drug-likeness (QED) is 0.393. The molecule has 0 aliphatic rings. The highest BCUT2D eigenvalue weighted by Crippen LogP contribution is 2.23. The summed E-state index contributed by atoms with van der Waals surface area (Å²) in [4.78, 5) is 15.1. The van der Waals surface area contributed by atoms with Gasteiger partial charge in [-0.15, -0.1) is 0 Å². The van der Waals surface area contributed by atoms with E-state index in [-0.39, 0.29) is 11.5 Å². The van der Waals surface area contributed by atoms with Crippen molar-refractivity contribution in [1.29, 1.82) is 0 Å². The van der Waals surface area contributed by atoms with Gasteiger partial charge in [-0.25, -0.2) is 4.79 Å². The molecule has 1 atom stereocenters. The topological polar surface area (TPSA) is 108 Å². The van der Waals surface area contributed by atoms with Gasteiger partial charge in [0.1, 0.15) is 23.1 Å². The molecule has 9 heteroatoms. The summed E-state index contributed by atoms with van der Waals surface area (Å²) in [5.41, 5.74) is 0.639. The first-order valence-corrected chi connectivity index (χ1v) is 8.21. The van der Waals surface area contributed by atoms with Crippen LogP contribution in [0.4, 0.5) is 0 Å². The van der Waals surface area contributed by atoms with Crippen LogP contribution in [0.5, 0.6) is 17.5 Å². The van der Waals surface area contributed by atoms with Gasteiger partial charge in [0.2, 0.25) is 0 Å². The molecule has 0 fully saturated rings. The Bertz CT molecular complexity index is 1010. The van der Waals surface area contributed by atoms with Crippen molar-refractivity contribution in [3.63, 3.8) is 0 Å². The van der Waals surface area contributed by atoms with Crippen LogP contribution in [0.15, 0.2) is 54.6 Å². The van der Waals surface area contributed by atoms with Crippen LogP contribution in [0, 0.1) is 5.21 Å². The maximum atomic E-state index is 12.0. The number of rotatable bonds is 6. The van der Waals surface area contributed by atoms with Gasteiger partial charge in [0.25, 0.3) is 5.52 Å². The second-order valence-corrected chi connectivity index (χ2v) is 5.93. The number of aromatic nitrogens is 3. The number of benzene rings is 2. The second-order valence-electron chi connectivity index (χ2n) is 5.49. The molecule has 0 bridgehead atoms. The van der Waals surface area contributed by atoms with Crippen LogP contribution in [0.25, 0.3) is 11.0 Å². The first-order chi connectivity index (χ1) is 12.9. The number of nitrogens with zero attached hydrogens (tertiary/aromatic N) is 3. The molecular formula is C18H14ClN3O5. The third kappa shape index (κ3) is 4.83. The standard InChI is InChI=1S/C18H14ClN3O5/c1-11(2-9-17(23)24)26-13-4-6-14(7-5-13)27-18-20-15-8-3-12(19)10-16(15)22(25)21-18/h2-11H,1H3,(H,23,24)/b9-2+. The molecule has 8 nitrogen and oxygen atoms in total. The average Bonchev–Trinajstić information content (AvgIpc) is 2.62. The minimum absolute atomic E-state index is 0.105. The van der Waals surface area contributed by atoms with Gasteiger partial charge in [-0.05, 0) is 54.2 Å². The Balaban J connectivity index is 1.72. The van der Waals surface area contributed by atoms with Crippen molar-refractivity contribution in [1.82, 2.24) is 10.1 Å². The van der Waals surface area contributed by atoms with Crippen molar-refractivity contribution >= 4 is 28.6 Å². The fraction of sp³-hybridized carbons (Fsp3) is 0.111.